The van der Waals surface area contributed by atoms with Crippen molar-refractivity contribution in [2.75, 3.05) is 53.7 Å². The molecule has 0 aromatic rings. The number of quaternary nitrogens is 1. The van der Waals surface area contributed by atoms with Gasteiger partial charge in [-0.1, -0.05) is 110 Å². The molecule has 0 radical (unpaired) electrons. The average molecular weight is 536 g/mol. The van der Waals surface area contributed by atoms with E-state index in [0.717, 1.165) is 12.8 Å². The second kappa shape index (κ2) is 23.6. The molecule has 0 N–H and O–H groups in total. The Hall–Kier alpha value is -0.460. The lowest BCUT2D eigenvalue weighted by Gasteiger charge is -2.30. The highest BCUT2D eigenvalue weighted by atomic mass is 31.2. The fraction of sp³-hybridized carbons (Fsp3) is 0.964. The van der Waals surface area contributed by atoms with Crippen molar-refractivity contribution in [2.45, 2.75) is 122 Å². The van der Waals surface area contributed by atoms with Crippen molar-refractivity contribution in [1.29, 1.82) is 0 Å². The van der Waals surface area contributed by atoms with Gasteiger partial charge in [-0.3, -0.25) is 4.79 Å². The maximum atomic E-state index is 12.0. The lowest BCUT2D eigenvalue weighted by molar-refractivity contribution is -0.868. The van der Waals surface area contributed by atoms with E-state index in [0.29, 0.717) is 24.1 Å². The summed E-state index contributed by atoms with van der Waals surface area (Å²) in [7, 11) is 1.80. The molecular weight excluding hydrogens is 477 g/mol. The van der Waals surface area contributed by atoms with E-state index in [1.165, 1.54) is 96.3 Å². The first-order valence-electron chi connectivity index (χ1n) is 14.6. The molecule has 0 spiro atoms. The third-order valence-electron chi connectivity index (χ3n) is 6.45. The van der Waals surface area contributed by atoms with Crippen LogP contribution in [0.2, 0.25) is 0 Å². The van der Waals surface area contributed by atoms with Crippen LogP contribution >= 0.6 is 7.60 Å². The largest absolute Gasteiger partial charge is 0.778 e. The molecule has 36 heavy (non-hydrogen) atoms. The highest BCUT2D eigenvalue weighted by Gasteiger charge is 2.18. The van der Waals surface area contributed by atoms with Crippen molar-refractivity contribution in [2.24, 2.45) is 0 Å². The van der Waals surface area contributed by atoms with Gasteiger partial charge in [-0.2, -0.15) is 0 Å². The number of rotatable bonds is 28. The average Bonchev–Trinajstić information content (AvgIpc) is 2.82. The molecule has 8 heteroatoms. The molecule has 0 rings (SSSR count). The van der Waals surface area contributed by atoms with Crippen molar-refractivity contribution in [3.05, 3.63) is 0 Å². The van der Waals surface area contributed by atoms with Crippen molar-refractivity contribution in [3.8, 4) is 0 Å². The molecule has 0 fully saturated rings. The molecule has 0 aliphatic carbocycles. The van der Waals surface area contributed by atoms with Crippen LogP contribution in [0.5, 0.6) is 0 Å². The van der Waals surface area contributed by atoms with E-state index >= 15 is 0 Å². The van der Waals surface area contributed by atoms with Crippen LogP contribution in [0.4, 0.5) is 0 Å². The SMILES string of the molecule is CCCCCCCCCCCCCCCCCCCOCC(COP(=O)([O-])CC[N+](C)(C)C)OC=O. The minimum atomic E-state index is -3.96. The molecule has 0 saturated carbocycles. The van der Waals surface area contributed by atoms with Gasteiger partial charge in [0.25, 0.3) is 6.47 Å². The molecule has 0 amide bonds. The number of hydrogen-bond acceptors (Lipinski definition) is 6. The second-order valence-corrected chi connectivity index (χ2v) is 13.2. The molecule has 0 aliphatic rings. The maximum Gasteiger partial charge on any atom is 0.293 e. The van der Waals surface area contributed by atoms with Crippen LogP contribution < -0.4 is 4.89 Å². The van der Waals surface area contributed by atoms with Gasteiger partial charge in [0.15, 0.2) is 0 Å². The lowest BCUT2D eigenvalue weighted by atomic mass is 10.0. The summed E-state index contributed by atoms with van der Waals surface area (Å²) >= 11 is 0. The van der Waals surface area contributed by atoms with Gasteiger partial charge in [-0.25, -0.2) is 0 Å². The zero-order valence-electron chi connectivity index (χ0n) is 24.1. The zero-order valence-corrected chi connectivity index (χ0v) is 24.9. The highest BCUT2D eigenvalue weighted by molar-refractivity contribution is 7.51. The molecule has 0 aliphatic heterocycles. The Labute approximate surface area is 222 Å². The Morgan fingerprint density at radius 2 is 1.19 bits per heavy atom. The van der Waals surface area contributed by atoms with Gasteiger partial charge < -0.3 is 27.9 Å². The number of nitrogens with zero attached hydrogens (tertiary/aromatic N) is 1. The summed E-state index contributed by atoms with van der Waals surface area (Å²) in [6.07, 6.45) is 21.9. The van der Waals surface area contributed by atoms with Gasteiger partial charge in [0, 0.05) is 6.61 Å². The monoisotopic (exact) mass is 535 g/mol. The van der Waals surface area contributed by atoms with E-state index < -0.39 is 13.7 Å². The van der Waals surface area contributed by atoms with Crippen LogP contribution in [0.25, 0.3) is 0 Å². The molecule has 216 valence electrons. The molecule has 0 heterocycles. The number of hydrogen-bond donors (Lipinski definition) is 0. The van der Waals surface area contributed by atoms with Crippen molar-refractivity contribution >= 4 is 14.1 Å². The first kappa shape index (κ1) is 35.5. The predicted molar refractivity (Wildman–Crippen MR) is 147 cm³/mol. The van der Waals surface area contributed by atoms with Crippen LogP contribution in [0.15, 0.2) is 0 Å². The van der Waals surface area contributed by atoms with E-state index in [9.17, 15) is 14.3 Å². The van der Waals surface area contributed by atoms with Crippen LogP contribution in [0.3, 0.4) is 0 Å². The predicted octanol–water partition coefficient (Wildman–Crippen LogP) is 6.47. The molecule has 0 saturated heterocycles. The molecule has 2 unspecified atom stereocenters. The third kappa shape index (κ3) is 26.6. The minimum Gasteiger partial charge on any atom is -0.778 e. The normalized spacial score (nSPS) is 14.5. The zero-order chi connectivity index (χ0) is 27.0. The Balaban J connectivity index is 3.55. The fourth-order valence-corrected chi connectivity index (χ4v) is 5.40. The quantitative estimate of drug-likeness (QED) is 0.0494. The lowest BCUT2D eigenvalue weighted by Crippen LogP contribution is -2.38. The smallest absolute Gasteiger partial charge is 0.293 e. The number of ether oxygens (including phenoxy) is 2. The number of carbonyl (C=O) groups excluding carboxylic acids is 1. The van der Waals surface area contributed by atoms with Gasteiger partial charge in [0.1, 0.15) is 13.7 Å². The van der Waals surface area contributed by atoms with Gasteiger partial charge >= 0.3 is 0 Å². The molecule has 0 aromatic heterocycles. The van der Waals surface area contributed by atoms with Crippen LogP contribution in [-0.2, 0) is 23.4 Å². The van der Waals surface area contributed by atoms with E-state index in [2.05, 4.69) is 6.92 Å². The summed E-state index contributed by atoms with van der Waals surface area (Å²) in [4.78, 5) is 22.8. The fourth-order valence-electron chi connectivity index (χ4n) is 4.03. The molecule has 0 aromatic carbocycles. The summed E-state index contributed by atoms with van der Waals surface area (Å²) in [5, 5.41) is 0. The summed E-state index contributed by atoms with van der Waals surface area (Å²) in [5.41, 5.74) is 0. The first-order chi connectivity index (χ1) is 17.2. The van der Waals surface area contributed by atoms with E-state index in [-0.39, 0.29) is 19.4 Å². The van der Waals surface area contributed by atoms with Crippen LogP contribution in [0, 0.1) is 0 Å². The van der Waals surface area contributed by atoms with Crippen LogP contribution in [-0.4, -0.2) is 70.7 Å². The van der Waals surface area contributed by atoms with Crippen molar-refractivity contribution in [1.82, 2.24) is 0 Å². The van der Waals surface area contributed by atoms with E-state index in [1.54, 1.807) is 0 Å². The Kier molecular flexibility index (Phi) is 23.3. The Morgan fingerprint density at radius 1 is 0.750 bits per heavy atom. The Bertz CT molecular complexity index is 541. The van der Waals surface area contributed by atoms with Gasteiger partial charge in [0.2, 0.25) is 0 Å². The number of unbranched alkanes of at least 4 members (excludes halogenated alkanes) is 16. The van der Waals surface area contributed by atoms with Crippen molar-refractivity contribution in [3.63, 3.8) is 0 Å². The standard InChI is InChI=1S/C28H58NO6P/c1-5-6-7-8-9-10-11-12-13-14-15-16-17-18-19-20-21-23-33-25-28(34-27-30)26-35-36(31,32)24-22-29(2,3)4/h27-28H,5-26H2,1-4H3. The summed E-state index contributed by atoms with van der Waals surface area (Å²) < 4.78 is 28.2. The van der Waals surface area contributed by atoms with Crippen molar-refractivity contribution < 1.29 is 32.7 Å². The maximum absolute atomic E-state index is 12.0. The topological polar surface area (TPSA) is 84.9 Å². The Morgan fingerprint density at radius 3 is 1.61 bits per heavy atom. The van der Waals surface area contributed by atoms with Gasteiger partial charge in [-0.15, -0.1) is 0 Å². The first-order valence-corrected chi connectivity index (χ1v) is 16.3. The van der Waals surface area contributed by atoms with Gasteiger partial charge in [0.05, 0.1) is 47.1 Å². The summed E-state index contributed by atoms with van der Waals surface area (Å²) in [6, 6.07) is 0. The summed E-state index contributed by atoms with van der Waals surface area (Å²) in [6.45, 7) is 3.56. The van der Waals surface area contributed by atoms with Crippen LogP contribution in [0.1, 0.15) is 116 Å². The molecule has 0 bridgehead atoms. The summed E-state index contributed by atoms with van der Waals surface area (Å²) in [5.74, 6) is 0. The van der Waals surface area contributed by atoms with E-state index in [1.807, 2.05) is 21.1 Å². The molecule has 7 nitrogen and oxygen atoms in total. The van der Waals surface area contributed by atoms with E-state index in [4.69, 9.17) is 14.0 Å². The second-order valence-electron chi connectivity index (χ2n) is 11.2. The molecule has 2 atom stereocenters. The third-order valence-corrected chi connectivity index (χ3v) is 7.74. The van der Waals surface area contributed by atoms with Gasteiger partial charge in [-0.05, 0) is 6.42 Å². The minimum absolute atomic E-state index is 0.0512. The highest BCUT2D eigenvalue weighted by Crippen LogP contribution is 2.37. The number of carbonyl (C=O) groups is 1. The molecular formula is C28H58NO6P.